The molecule has 0 amide bonds. The quantitative estimate of drug-likeness (QED) is 0.689. The second-order valence-electron chi connectivity index (χ2n) is 2.67. The van der Waals surface area contributed by atoms with Crippen LogP contribution in [0.4, 0.5) is 0 Å². The van der Waals surface area contributed by atoms with E-state index in [1.165, 1.54) is 0 Å². The van der Waals surface area contributed by atoms with E-state index in [0.29, 0.717) is 0 Å². The molecule has 0 atom stereocenters. The van der Waals surface area contributed by atoms with Gasteiger partial charge in [0.25, 0.3) is 0 Å². The van der Waals surface area contributed by atoms with E-state index in [0.717, 1.165) is 17.0 Å². The van der Waals surface area contributed by atoms with Gasteiger partial charge in [-0.25, -0.2) is 0 Å². The molecular formula is C9H9N3. The van der Waals surface area contributed by atoms with Crippen molar-refractivity contribution in [1.29, 1.82) is 0 Å². The Morgan fingerprint density at radius 2 is 2.00 bits per heavy atom. The zero-order chi connectivity index (χ0) is 8.39. The molecule has 0 saturated heterocycles. The molecule has 0 radical (unpaired) electrons. The fourth-order valence-electron chi connectivity index (χ4n) is 1.09. The molecule has 0 unspecified atom stereocenters. The van der Waals surface area contributed by atoms with E-state index in [1.807, 2.05) is 25.1 Å². The summed E-state index contributed by atoms with van der Waals surface area (Å²) in [4.78, 5) is 3.94. The van der Waals surface area contributed by atoms with Crippen molar-refractivity contribution in [1.82, 2.24) is 15.2 Å². The Morgan fingerprint density at radius 3 is 2.58 bits per heavy atom. The minimum absolute atomic E-state index is 0.968. The molecule has 0 fully saturated rings. The highest BCUT2D eigenvalue weighted by Crippen LogP contribution is 2.15. The van der Waals surface area contributed by atoms with Gasteiger partial charge in [0.05, 0.1) is 5.69 Å². The van der Waals surface area contributed by atoms with Crippen molar-refractivity contribution in [3.8, 4) is 11.3 Å². The van der Waals surface area contributed by atoms with Gasteiger partial charge in [-0.15, -0.1) is 0 Å². The molecule has 0 bridgehead atoms. The van der Waals surface area contributed by atoms with Gasteiger partial charge in [-0.1, -0.05) is 0 Å². The van der Waals surface area contributed by atoms with Crippen LogP contribution >= 0.6 is 0 Å². The molecule has 0 aliphatic rings. The maximum atomic E-state index is 4.13. The Kier molecular flexibility index (Phi) is 1.63. The zero-order valence-corrected chi connectivity index (χ0v) is 6.78. The highest BCUT2D eigenvalue weighted by atomic mass is 15.1. The maximum Gasteiger partial charge on any atom is 0.0924 e. The molecule has 2 rings (SSSR count). The van der Waals surface area contributed by atoms with Crippen molar-refractivity contribution in [3.63, 3.8) is 0 Å². The Hall–Kier alpha value is -1.64. The summed E-state index contributed by atoms with van der Waals surface area (Å²) in [7, 11) is 0. The predicted molar refractivity (Wildman–Crippen MR) is 46.6 cm³/mol. The molecule has 0 spiro atoms. The Labute approximate surface area is 70.5 Å². The second kappa shape index (κ2) is 2.77. The zero-order valence-electron chi connectivity index (χ0n) is 6.78. The molecule has 0 aromatic carbocycles. The van der Waals surface area contributed by atoms with E-state index in [9.17, 15) is 0 Å². The molecule has 0 aliphatic carbocycles. The lowest BCUT2D eigenvalue weighted by Gasteiger charge is -1.91. The van der Waals surface area contributed by atoms with Crippen LogP contribution in [0.15, 0.2) is 30.6 Å². The van der Waals surface area contributed by atoms with Crippen molar-refractivity contribution in [2.45, 2.75) is 6.92 Å². The molecule has 12 heavy (non-hydrogen) atoms. The van der Waals surface area contributed by atoms with Gasteiger partial charge in [-0.3, -0.25) is 10.1 Å². The van der Waals surface area contributed by atoms with E-state index in [1.54, 1.807) is 12.4 Å². The minimum atomic E-state index is 0.968. The van der Waals surface area contributed by atoms with Crippen LogP contribution in [-0.4, -0.2) is 15.2 Å². The molecule has 3 heteroatoms. The number of aromatic nitrogens is 3. The third-order valence-electron chi connectivity index (χ3n) is 1.68. The maximum absolute atomic E-state index is 4.13. The number of nitrogens with one attached hydrogen (secondary N) is 1. The first-order chi connectivity index (χ1) is 5.86. The van der Waals surface area contributed by atoms with Crippen LogP contribution in [0.1, 0.15) is 5.69 Å². The van der Waals surface area contributed by atoms with Crippen LogP contribution in [0, 0.1) is 6.92 Å². The van der Waals surface area contributed by atoms with Gasteiger partial charge in [0.1, 0.15) is 0 Å². The summed E-state index contributed by atoms with van der Waals surface area (Å²) in [6.07, 6.45) is 3.53. The molecule has 0 saturated carbocycles. The van der Waals surface area contributed by atoms with Crippen LogP contribution < -0.4 is 0 Å². The van der Waals surface area contributed by atoms with Crippen molar-refractivity contribution < 1.29 is 0 Å². The number of hydrogen-bond acceptors (Lipinski definition) is 2. The van der Waals surface area contributed by atoms with Crippen molar-refractivity contribution in [3.05, 3.63) is 36.3 Å². The molecule has 60 valence electrons. The Bertz CT molecular complexity index is 364. The summed E-state index contributed by atoms with van der Waals surface area (Å²) in [6, 6.07) is 5.89. The monoisotopic (exact) mass is 159 g/mol. The van der Waals surface area contributed by atoms with E-state index in [2.05, 4.69) is 15.2 Å². The first-order valence-electron chi connectivity index (χ1n) is 3.78. The van der Waals surface area contributed by atoms with E-state index < -0.39 is 0 Å². The number of pyridine rings is 1. The molecule has 2 aromatic rings. The van der Waals surface area contributed by atoms with Gasteiger partial charge < -0.3 is 0 Å². The fraction of sp³-hybridized carbons (Fsp3) is 0.111. The smallest absolute Gasteiger partial charge is 0.0924 e. The number of H-pyrrole nitrogens is 1. The fourth-order valence-corrected chi connectivity index (χ4v) is 1.09. The number of rotatable bonds is 1. The van der Waals surface area contributed by atoms with Gasteiger partial charge in [0.2, 0.25) is 0 Å². The van der Waals surface area contributed by atoms with Gasteiger partial charge in [0, 0.05) is 23.7 Å². The second-order valence-corrected chi connectivity index (χ2v) is 2.67. The minimum Gasteiger partial charge on any atom is -0.282 e. The summed E-state index contributed by atoms with van der Waals surface area (Å²) < 4.78 is 0. The lowest BCUT2D eigenvalue weighted by Crippen LogP contribution is -1.77. The van der Waals surface area contributed by atoms with E-state index >= 15 is 0 Å². The van der Waals surface area contributed by atoms with Crippen LogP contribution in [-0.2, 0) is 0 Å². The van der Waals surface area contributed by atoms with Crippen molar-refractivity contribution in [2.24, 2.45) is 0 Å². The highest BCUT2D eigenvalue weighted by molar-refractivity contribution is 5.57. The summed E-state index contributed by atoms with van der Waals surface area (Å²) >= 11 is 0. The average Bonchev–Trinajstić information content (AvgIpc) is 2.54. The van der Waals surface area contributed by atoms with Gasteiger partial charge in [-0.05, 0) is 25.1 Å². The number of hydrogen-bond donors (Lipinski definition) is 1. The van der Waals surface area contributed by atoms with Crippen molar-refractivity contribution >= 4 is 0 Å². The lowest BCUT2D eigenvalue weighted by molar-refractivity contribution is 1.05. The summed E-state index contributed by atoms with van der Waals surface area (Å²) in [5.74, 6) is 0. The molecule has 2 heterocycles. The molecule has 0 aliphatic heterocycles. The largest absolute Gasteiger partial charge is 0.282 e. The summed E-state index contributed by atoms with van der Waals surface area (Å²) in [6.45, 7) is 1.98. The third-order valence-corrected chi connectivity index (χ3v) is 1.68. The van der Waals surface area contributed by atoms with Gasteiger partial charge >= 0.3 is 0 Å². The molecule has 1 N–H and O–H groups in total. The Balaban J connectivity index is 2.45. The van der Waals surface area contributed by atoms with Crippen LogP contribution in [0.3, 0.4) is 0 Å². The third kappa shape index (κ3) is 1.21. The highest BCUT2D eigenvalue weighted by Gasteiger charge is 1.98. The molecular weight excluding hydrogens is 150 g/mol. The first kappa shape index (κ1) is 7.03. The van der Waals surface area contributed by atoms with Crippen molar-refractivity contribution in [2.75, 3.05) is 0 Å². The first-order valence-corrected chi connectivity index (χ1v) is 3.78. The van der Waals surface area contributed by atoms with Crippen LogP contribution in [0.2, 0.25) is 0 Å². The predicted octanol–water partition coefficient (Wildman–Crippen LogP) is 1.78. The summed E-state index contributed by atoms with van der Waals surface area (Å²) in [5.41, 5.74) is 3.13. The van der Waals surface area contributed by atoms with E-state index in [-0.39, 0.29) is 0 Å². The average molecular weight is 159 g/mol. The molecule has 2 aromatic heterocycles. The Morgan fingerprint density at radius 1 is 1.25 bits per heavy atom. The number of aromatic amines is 1. The van der Waals surface area contributed by atoms with E-state index in [4.69, 9.17) is 0 Å². The lowest BCUT2D eigenvalue weighted by atomic mass is 10.2. The number of nitrogens with zero attached hydrogens (tertiary/aromatic N) is 2. The van der Waals surface area contributed by atoms with Gasteiger partial charge in [0.15, 0.2) is 0 Å². The van der Waals surface area contributed by atoms with Crippen LogP contribution in [0.25, 0.3) is 11.3 Å². The SMILES string of the molecule is Cc1cc(-c2ccncc2)n[nH]1. The standard InChI is InChI=1S/C9H9N3/c1-7-6-9(12-11-7)8-2-4-10-5-3-8/h2-6H,1H3,(H,11,12). The van der Waals surface area contributed by atoms with Crippen LogP contribution in [0.5, 0.6) is 0 Å². The normalized spacial score (nSPS) is 10.1. The summed E-state index contributed by atoms with van der Waals surface area (Å²) in [5, 5.41) is 7.03. The molecule has 3 nitrogen and oxygen atoms in total. The van der Waals surface area contributed by atoms with Gasteiger partial charge in [-0.2, -0.15) is 5.10 Å². The topological polar surface area (TPSA) is 41.6 Å². The number of aryl methyl sites for hydroxylation is 1.